The number of aromatic nitrogens is 1. The van der Waals surface area contributed by atoms with Crippen LogP contribution in [0.4, 0.5) is 0 Å². The Morgan fingerprint density at radius 1 is 1.36 bits per heavy atom. The van der Waals surface area contributed by atoms with E-state index in [0.717, 1.165) is 51.0 Å². The molecule has 7 nitrogen and oxygen atoms in total. The minimum absolute atomic E-state index is 0.0495. The van der Waals surface area contributed by atoms with Crippen LogP contribution in [0.1, 0.15) is 26.5 Å². The van der Waals surface area contributed by atoms with Crippen molar-refractivity contribution >= 4 is 5.96 Å². The van der Waals surface area contributed by atoms with Crippen molar-refractivity contribution in [3.8, 4) is 0 Å². The van der Waals surface area contributed by atoms with Crippen LogP contribution in [-0.2, 0) is 11.3 Å². The molecule has 0 aromatic carbocycles. The third-order valence-corrected chi connectivity index (χ3v) is 3.79. The maximum Gasteiger partial charge on any atom is 0.191 e. The van der Waals surface area contributed by atoms with E-state index >= 15 is 0 Å². The lowest BCUT2D eigenvalue weighted by Gasteiger charge is -2.41. The molecule has 0 unspecified atom stereocenters. The molecule has 0 atom stereocenters. The van der Waals surface area contributed by atoms with Crippen molar-refractivity contribution in [1.29, 1.82) is 0 Å². The fourth-order valence-corrected chi connectivity index (χ4v) is 2.40. The van der Waals surface area contributed by atoms with E-state index in [9.17, 15) is 0 Å². The highest BCUT2D eigenvalue weighted by Crippen LogP contribution is 2.14. The van der Waals surface area contributed by atoms with Crippen molar-refractivity contribution in [3.05, 3.63) is 18.0 Å². The van der Waals surface area contributed by atoms with E-state index in [2.05, 4.69) is 46.5 Å². The molecule has 2 rings (SSSR count). The first-order valence-electron chi connectivity index (χ1n) is 7.86. The molecule has 7 heteroatoms. The summed E-state index contributed by atoms with van der Waals surface area (Å²) in [7, 11) is 0. The second-order valence-corrected chi connectivity index (χ2v) is 5.95. The zero-order valence-electron chi connectivity index (χ0n) is 13.8. The van der Waals surface area contributed by atoms with E-state index in [1.807, 2.05) is 6.07 Å². The van der Waals surface area contributed by atoms with E-state index in [1.54, 1.807) is 6.26 Å². The van der Waals surface area contributed by atoms with Gasteiger partial charge >= 0.3 is 0 Å². The number of aliphatic imine (C=N–C) groups is 1. The molecule has 1 aromatic heterocycles. The Morgan fingerprint density at radius 3 is 2.77 bits per heavy atom. The SMILES string of the molecule is CCNC(=NCc1ccon1)NCC(C)(C)N1CCOCC1. The van der Waals surface area contributed by atoms with Gasteiger partial charge in [0.1, 0.15) is 12.0 Å². The molecule has 1 aliphatic heterocycles. The largest absolute Gasteiger partial charge is 0.379 e. The fourth-order valence-electron chi connectivity index (χ4n) is 2.40. The highest BCUT2D eigenvalue weighted by molar-refractivity contribution is 5.79. The molecule has 1 aliphatic rings. The van der Waals surface area contributed by atoms with E-state index in [1.165, 1.54) is 0 Å². The summed E-state index contributed by atoms with van der Waals surface area (Å²) in [5, 5.41) is 10.5. The van der Waals surface area contributed by atoms with E-state index in [-0.39, 0.29) is 5.54 Å². The number of nitrogens with one attached hydrogen (secondary N) is 2. The highest BCUT2D eigenvalue weighted by Gasteiger charge is 2.28. The van der Waals surface area contributed by atoms with Crippen LogP contribution < -0.4 is 10.6 Å². The lowest BCUT2D eigenvalue weighted by atomic mass is 10.0. The molecule has 0 radical (unpaired) electrons. The topological polar surface area (TPSA) is 74.9 Å². The first kappa shape index (κ1) is 16.8. The van der Waals surface area contributed by atoms with Gasteiger partial charge in [-0.25, -0.2) is 4.99 Å². The number of guanidine groups is 1. The number of rotatable bonds is 6. The summed E-state index contributed by atoms with van der Waals surface area (Å²) >= 11 is 0. The molecule has 0 spiro atoms. The van der Waals surface area contributed by atoms with Gasteiger partial charge in [0.05, 0.1) is 19.8 Å². The summed E-state index contributed by atoms with van der Waals surface area (Å²) < 4.78 is 10.2. The van der Waals surface area contributed by atoms with Crippen molar-refractivity contribution in [1.82, 2.24) is 20.7 Å². The molecule has 1 aromatic rings. The Balaban J connectivity index is 1.88. The number of hydrogen-bond donors (Lipinski definition) is 2. The summed E-state index contributed by atoms with van der Waals surface area (Å²) in [5.74, 6) is 0.798. The second kappa shape index (κ2) is 8.14. The van der Waals surface area contributed by atoms with Crippen molar-refractivity contribution in [2.45, 2.75) is 32.9 Å². The quantitative estimate of drug-likeness (QED) is 0.599. The van der Waals surface area contributed by atoms with Crippen LogP contribution >= 0.6 is 0 Å². The second-order valence-electron chi connectivity index (χ2n) is 5.95. The van der Waals surface area contributed by atoms with Gasteiger partial charge < -0.3 is 19.9 Å². The normalized spacial score (nSPS) is 17.5. The molecule has 2 heterocycles. The van der Waals surface area contributed by atoms with Gasteiger partial charge in [0.2, 0.25) is 0 Å². The van der Waals surface area contributed by atoms with Gasteiger partial charge in [-0.2, -0.15) is 0 Å². The Labute approximate surface area is 132 Å². The molecular formula is C15H27N5O2. The minimum atomic E-state index is 0.0495. The minimum Gasteiger partial charge on any atom is -0.379 e. The van der Waals surface area contributed by atoms with Crippen LogP contribution in [0.15, 0.2) is 21.8 Å². The smallest absolute Gasteiger partial charge is 0.191 e. The van der Waals surface area contributed by atoms with E-state index in [4.69, 9.17) is 9.26 Å². The van der Waals surface area contributed by atoms with Crippen LogP contribution in [0.5, 0.6) is 0 Å². The fraction of sp³-hybridized carbons (Fsp3) is 0.733. The van der Waals surface area contributed by atoms with Crippen LogP contribution in [-0.4, -0.2) is 60.9 Å². The van der Waals surface area contributed by atoms with Crippen molar-refractivity contribution in [3.63, 3.8) is 0 Å². The monoisotopic (exact) mass is 309 g/mol. The van der Waals surface area contributed by atoms with E-state index in [0.29, 0.717) is 6.54 Å². The van der Waals surface area contributed by atoms with Crippen LogP contribution in [0.25, 0.3) is 0 Å². The molecule has 1 fully saturated rings. The predicted molar refractivity (Wildman–Crippen MR) is 85.8 cm³/mol. The summed E-state index contributed by atoms with van der Waals surface area (Å²) in [6.45, 7) is 12.2. The molecule has 22 heavy (non-hydrogen) atoms. The Hall–Kier alpha value is -1.60. The zero-order chi connectivity index (χ0) is 15.8. The van der Waals surface area contributed by atoms with Crippen molar-refractivity contribution < 1.29 is 9.26 Å². The number of morpholine rings is 1. The lowest BCUT2D eigenvalue weighted by Crippen LogP contribution is -2.56. The van der Waals surface area contributed by atoms with E-state index < -0.39 is 0 Å². The van der Waals surface area contributed by atoms with Crippen LogP contribution in [0.3, 0.4) is 0 Å². The predicted octanol–water partition coefficient (Wildman–Crippen LogP) is 0.841. The molecule has 1 saturated heterocycles. The average molecular weight is 309 g/mol. The first-order chi connectivity index (χ1) is 10.6. The average Bonchev–Trinajstić information content (AvgIpc) is 3.04. The molecule has 124 valence electrons. The summed E-state index contributed by atoms with van der Waals surface area (Å²) in [6.07, 6.45) is 1.56. The van der Waals surface area contributed by atoms with Gasteiger partial charge in [0.15, 0.2) is 5.96 Å². The zero-order valence-corrected chi connectivity index (χ0v) is 13.8. The highest BCUT2D eigenvalue weighted by atomic mass is 16.5. The Kier molecular flexibility index (Phi) is 6.21. The number of ether oxygens (including phenoxy) is 1. The molecule has 0 saturated carbocycles. The standard InChI is InChI=1S/C15H27N5O2/c1-4-16-14(17-11-13-5-8-22-19-13)18-12-15(2,3)20-6-9-21-10-7-20/h5,8H,4,6-7,9-12H2,1-3H3,(H2,16,17,18). The van der Waals surface area contributed by atoms with Crippen LogP contribution in [0.2, 0.25) is 0 Å². The van der Waals surface area contributed by atoms with Crippen molar-refractivity contribution in [2.24, 2.45) is 4.99 Å². The van der Waals surface area contributed by atoms with Gasteiger partial charge in [-0.15, -0.1) is 0 Å². The van der Waals surface area contributed by atoms with Gasteiger partial charge in [0, 0.05) is 37.8 Å². The maximum absolute atomic E-state index is 5.42. The molecule has 0 amide bonds. The first-order valence-corrected chi connectivity index (χ1v) is 7.86. The summed E-state index contributed by atoms with van der Waals surface area (Å²) in [4.78, 5) is 6.98. The maximum atomic E-state index is 5.42. The van der Waals surface area contributed by atoms with Crippen molar-refractivity contribution in [2.75, 3.05) is 39.4 Å². The Morgan fingerprint density at radius 2 is 2.14 bits per heavy atom. The van der Waals surface area contributed by atoms with Gasteiger partial charge in [-0.1, -0.05) is 5.16 Å². The number of hydrogen-bond acceptors (Lipinski definition) is 5. The third kappa shape index (κ3) is 4.99. The molecular weight excluding hydrogens is 282 g/mol. The van der Waals surface area contributed by atoms with Crippen LogP contribution in [0, 0.1) is 0 Å². The molecule has 2 N–H and O–H groups in total. The summed E-state index contributed by atoms with van der Waals surface area (Å²) in [5.41, 5.74) is 0.873. The molecule has 0 aliphatic carbocycles. The number of nitrogens with zero attached hydrogens (tertiary/aromatic N) is 3. The third-order valence-electron chi connectivity index (χ3n) is 3.79. The van der Waals surface area contributed by atoms with Gasteiger partial charge in [0.25, 0.3) is 0 Å². The lowest BCUT2D eigenvalue weighted by molar-refractivity contribution is -0.00834. The Bertz CT molecular complexity index is 453. The molecule has 0 bridgehead atoms. The summed E-state index contributed by atoms with van der Waals surface area (Å²) in [6, 6.07) is 1.82. The van der Waals surface area contributed by atoms with Gasteiger partial charge in [-0.3, -0.25) is 4.90 Å². The van der Waals surface area contributed by atoms with Gasteiger partial charge in [-0.05, 0) is 20.8 Å².